The molecule has 3 aromatic rings. The minimum atomic E-state index is 0.165. The molecule has 2 aliphatic rings. The zero-order valence-corrected chi connectivity index (χ0v) is 18.8. The highest BCUT2D eigenvalue weighted by Gasteiger charge is 2.20. The van der Waals surface area contributed by atoms with Gasteiger partial charge >= 0.3 is 0 Å². The molecular weight excluding hydrogens is 400 g/mol. The lowest BCUT2D eigenvalue weighted by Gasteiger charge is -2.34. The molecule has 1 N–H and O–H groups in total. The van der Waals surface area contributed by atoms with Gasteiger partial charge in [-0.3, -0.25) is 14.6 Å². The molecule has 0 unspecified atom stereocenters. The first kappa shape index (κ1) is 21.2. The first-order chi connectivity index (χ1) is 15.7. The van der Waals surface area contributed by atoms with Crippen LogP contribution in [0.2, 0.25) is 0 Å². The molecule has 1 aromatic heterocycles. The van der Waals surface area contributed by atoms with Gasteiger partial charge in [0.2, 0.25) is 0 Å². The number of ether oxygens (including phenoxy) is 1. The number of nitrogens with one attached hydrogen (secondary N) is 1. The predicted octanol–water partition coefficient (Wildman–Crippen LogP) is 2.99. The summed E-state index contributed by atoms with van der Waals surface area (Å²) < 4.78 is 5.47. The summed E-state index contributed by atoms with van der Waals surface area (Å²) >= 11 is 0. The van der Waals surface area contributed by atoms with E-state index in [0.29, 0.717) is 6.54 Å². The summed E-state index contributed by atoms with van der Waals surface area (Å²) in [6.45, 7) is 11.0. The smallest absolute Gasteiger partial charge is 0.194 e. The van der Waals surface area contributed by atoms with Crippen LogP contribution >= 0.6 is 0 Å². The average Bonchev–Trinajstić information content (AvgIpc) is 2.84. The van der Waals surface area contributed by atoms with E-state index in [9.17, 15) is 4.79 Å². The number of hydrogen-bond donors (Lipinski definition) is 1. The second kappa shape index (κ2) is 9.45. The normalized spacial score (nSPS) is 18.3. The lowest BCUT2D eigenvalue weighted by Crippen LogP contribution is -2.46. The van der Waals surface area contributed by atoms with Gasteiger partial charge in [-0.15, -0.1) is 0 Å². The van der Waals surface area contributed by atoms with Crippen LogP contribution in [0.5, 0.6) is 0 Å². The summed E-state index contributed by atoms with van der Waals surface area (Å²) in [5.74, 6) is 0. The molecule has 3 heterocycles. The molecular formula is C26H32N4O2. The summed E-state index contributed by atoms with van der Waals surface area (Å²) in [7, 11) is 0. The molecule has 2 saturated heterocycles. The fourth-order valence-corrected chi connectivity index (χ4v) is 4.82. The molecule has 2 aliphatic heterocycles. The minimum absolute atomic E-state index is 0.165. The van der Waals surface area contributed by atoms with E-state index in [1.807, 2.05) is 13.0 Å². The number of fused-ring (bicyclic) bond motifs is 1. The van der Waals surface area contributed by atoms with E-state index < -0.39 is 0 Å². The molecule has 0 radical (unpaired) electrons. The molecule has 32 heavy (non-hydrogen) atoms. The number of anilines is 1. The summed E-state index contributed by atoms with van der Waals surface area (Å²) in [5.41, 5.74) is 5.43. The fourth-order valence-electron chi connectivity index (χ4n) is 4.82. The topological polar surface area (TPSA) is 51.8 Å². The van der Waals surface area contributed by atoms with Crippen LogP contribution in [0.1, 0.15) is 16.8 Å². The van der Waals surface area contributed by atoms with Crippen molar-refractivity contribution in [2.24, 2.45) is 0 Å². The zero-order chi connectivity index (χ0) is 21.9. The molecule has 5 rings (SSSR count). The molecule has 0 spiro atoms. The Labute approximate surface area is 189 Å². The third-order valence-corrected chi connectivity index (χ3v) is 6.77. The number of aromatic amines is 1. The van der Waals surface area contributed by atoms with E-state index in [2.05, 4.69) is 62.1 Å². The standard InChI is InChI=1S/C26H32N4O2/c1-20-24(19-29-11-9-28(10-12-29)18-21-5-3-2-4-6-21)26(31)23-17-22(7-8-25(23)27-20)30-13-15-32-16-14-30/h2-8,17H,9-16,18-19H2,1H3,(H,27,31). The van der Waals surface area contributed by atoms with Crippen LogP contribution in [0.25, 0.3) is 10.9 Å². The molecule has 2 aromatic carbocycles. The lowest BCUT2D eigenvalue weighted by molar-refractivity contribution is 0.121. The first-order valence-corrected chi connectivity index (χ1v) is 11.6. The number of nitrogens with zero attached hydrogens (tertiary/aromatic N) is 3. The third kappa shape index (κ3) is 4.58. The Hall–Kier alpha value is -2.67. The van der Waals surface area contributed by atoms with Gasteiger partial charge in [0, 0.05) is 80.2 Å². The Balaban J connectivity index is 1.30. The molecule has 6 heteroatoms. The Morgan fingerprint density at radius 3 is 2.28 bits per heavy atom. The van der Waals surface area contributed by atoms with E-state index in [1.54, 1.807) is 0 Å². The number of benzene rings is 2. The maximum Gasteiger partial charge on any atom is 0.194 e. The summed E-state index contributed by atoms with van der Waals surface area (Å²) in [6.07, 6.45) is 0. The monoisotopic (exact) mass is 432 g/mol. The van der Waals surface area contributed by atoms with Gasteiger partial charge in [-0.2, -0.15) is 0 Å². The molecule has 2 fully saturated rings. The van der Waals surface area contributed by atoms with Crippen molar-refractivity contribution in [1.29, 1.82) is 0 Å². The van der Waals surface area contributed by atoms with Crippen LogP contribution < -0.4 is 10.3 Å². The van der Waals surface area contributed by atoms with E-state index in [-0.39, 0.29) is 5.43 Å². The number of rotatable bonds is 5. The number of hydrogen-bond acceptors (Lipinski definition) is 5. The fraction of sp³-hybridized carbons (Fsp3) is 0.423. The van der Waals surface area contributed by atoms with Crippen molar-refractivity contribution in [2.75, 3.05) is 57.4 Å². The van der Waals surface area contributed by atoms with Gasteiger partial charge < -0.3 is 14.6 Å². The minimum Gasteiger partial charge on any atom is -0.378 e. The number of aryl methyl sites for hydroxylation is 1. The van der Waals surface area contributed by atoms with Crippen molar-refractivity contribution in [2.45, 2.75) is 20.0 Å². The number of H-pyrrole nitrogens is 1. The van der Waals surface area contributed by atoms with Gasteiger partial charge in [0.15, 0.2) is 5.43 Å². The highest BCUT2D eigenvalue weighted by Crippen LogP contribution is 2.22. The van der Waals surface area contributed by atoms with Crippen molar-refractivity contribution in [1.82, 2.24) is 14.8 Å². The molecule has 0 saturated carbocycles. The first-order valence-electron chi connectivity index (χ1n) is 11.6. The van der Waals surface area contributed by atoms with Crippen LogP contribution in [0.3, 0.4) is 0 Å². The number of aromatic nitrogens is 1. The van der Waals surface area contributed by atoms with Gasteiger partial charge in [0.05, 0.1) is 13.2 Å². The number of morpholine rings is 1. The van der Waals surface area contributed by atoms with Gasteiger partial charge in [-0.25, -0.2) is 0 Å². The quantitative estimate of drug-likeness (QED) is 0.672. The maximum absolute atomic E-state index is 13.5. The third-order valence-electron chi connectivity index (χ3n) is 6.77. The van der Waals surface area contributed by atoms with Gasteiger partial charge in [-0.05, 0) is 30.7 Å². The van der Waals surface area contributed by atoms with Crippen LogP contribution in [0.4, 0.5) is 5.69 Å². The van der Waals surface area contributed by atoms with Gasteiger partial charge in [0.25, 0.3) is 0 Å². The molecule has 168 valence electrons. The highest BCUT2D eigenvalue weighted by atomic mass is 16.5. The Morgan fingerprint density at radius 1 is 0.875 bits per heavy atom. The van der Waals surface area contributed by atoms with Crippen LogP contribution in [0.15, 0.2) is 53.3 Å². The summed E-state index contributed by atoms with van der Waals surface area (Å²) in [4.78, 5) is 24.2. The SMILES string of the molecule is Cc1[nH]c2ccc(N3CCOCC3)cc2c(=O)c1CN1CCN(Cc2ccccc2)CC1. The van der Waals surface area contributed by atoms with Crippen molar-refractivity contribution < 1.29 is 4.74 Å². The largest absolute Gasteiger partial charge is 0.378 e. The molecule has 0 atom stereocenters. The number of pyridine rings is 1. The molecule has 0 bridgehead atoms. The highest BCUT2D eigenvalue weighted by molar-refractivity contribution is 5.83. The predicted molar refractivity (Wildman–Crippen MR) is 129 cm³/mol. The summed E-state index contributed by atoms with van der Waals surface area (Å²) in [6, 6.07) is 16.9. The Bertz CT molecular complexity index is 1110. The van der Waals surface area contributed by atoms with Crippen molar-refractivity contribution in [3.8, 4) is 0 Å². The van der Waals surface area contributed by atoms with Crippen LogP contribution in [0, 0.1) is 6.92 Å². The van der Waals surface area contributed by atoms with Gasteiger partial charge in [-0.1, -0.05) is 30.3 Å². The zero-order valence-electron chi connectivity index (χ0n) is 18.8. The van der Waals surface area contributed by atoms with E-state index in [1.165, 1.54) is 5.56 Å². The van der Waals surface area contributed by atoms with E-state index in [0.717, 1.165) is 86.9 Å². The maximum atomic E-state index is 13.5. The lowest BCUT2D eigenvalue weighted by atomic mass is 10.1. The molecule has 6 nitrogen and oxygen atoms in total. The van der Waals surface area contributed by atoms with Gasteiger partial charge in [0.1, 0.15) is 0 Å². The second-order valence-electron chi connectivity index (χ2n) is 8.92. The molecule has 0 amide bonds. The van der Waals surface area contributed by atoms with Crippen molar-refractivity contribution in [3.05, 3.63) is 75.6 Å². The van der Waals surface area contributed by atoms with E-state index in [4.69, 9.17) is 4.74 Å². The Kier molecular flexibility index (Phi) is 6.26. The van der Waals surface area contributed by atoms with E-state index >= 15 is 0 Å². The number of piperazine rings is 1. The Morgan fingerprint density at radius 2 is 1.56 bits per heavy atom. The summed E-state index contributed by atoms with van der Waals surface area (Å²) in [5, 5.41) is 0.789. The molecule has 0 aliphatic carbocycles. The van der Waals surface area contributed by atoms with Crippen LogP contribution in [-0.4, -0.2) is 67.3 Å². The average molecular weight is 433 g/mol. The second-order valence-corrected chi connectivity index (χ2v) is 8.92. The van der Waals surface area contributed by atoms with Crippen LogP contribution in [-0.2, 0) is 17.8 Å². The van der Waals surface area contributed by atoms with Crippen molar-refractivity contribution >= 4 is 16.6 Å². The van der Waals surface area contributed by atoms with Crippen molar-refractivity contribution in [3.63, 3.8) is 0 Å².